The number of nitriles is 1. The molecule has 0 spiro atoms. The standard InChI is InChI=1S/C24H29N7O/c1-16(2)14-31(15-17(3)4)22-10-9-18(13-21(22)26-23(32)11-12-25)19-7-5-6-8-20(19)24-27-29-30-28-24/h5-10,13,16-17H,11,14-15H2,1-4H3,(H,26,32)(H,27,28,29,30). The molecule has 0 saturated heterocycles. The summed E-state index contributed by atoms with van der Waals surface area (Å²) in [6, 6.07) is 15.8. The van der Waals surface area contributed by atoms with Crippen LogP contribution in [0.3, 0.4) is 0 Å². The summed E-state index contributed by atoms with van der Waals surface area (Å²) in [5.74, 6) is 1.15. The molecule has 2 N–H and O–H groups in total. The molecule has 0 saturated carbocycles. The summed E-state index contributed by atoms with van der Waals surface area (Å²) in [5, 5.41) is 26.2. The average molecular weight is 432 g/mol. The Bertz CT molecular complexity index is 1070. The first-order valence-electron chi connectivity index (χ1n) is 10.8. The topological polar surface area (TPSA) is 111 Å². The number of H-pyrrole nitrogens is 1. The SMILES string of the molecule is CC(C)CN(CC(C)C)c1ccc(-c2ccccc2-c2nnn[nH]2)cc1NC(=O)CC#N. The second-order valence-corrected chi connectivity index (χ2v) is 8.60. The van der Waals surface area contributed by atoms with Gasteiger partial charge in [-0.1, -0.05) is 58.0 Å². The number of hydrogen-bond donors (Lipinski definition) is 2. The van der Waals surface area contributed by atoms with Crippen LogP contribution in [0.1, 0.15) is 34.1 Å². The Kier molecular flexibility index (Phi) is 7.55. The molecule has 32 heavy (non-hydrogen) atoms. The van der Waals surface area contributed by atoms with Crippen molar-refractivity contribution >= 4 is 17.3 Å². The summed E-state index contributed by atoms with van der Waals surface area (Å²) in [4.78, 5) is 14.6. The van der Waals surface area contributed by atoms with Gasteiger partial charge in [0.15, 0.2) is 5.82 Å². The molecule has 0 unspecified atom stereocenters. The predicted molar refractivity (Wildman–Crippen MR) is 126 cm³/mol. The van der Waals surface area contributed by atoms with Gasteiger partial charge in [0.2, 0.25) is 5.91 Å². The summed E-state index contributed by atoms with van der Waals surface area (Å²) >= 11 is 0. The Hall–Kier alpha value is -3.73. The van der Waals surface area contributed by atoms with Crippen LogP contribution in [0.5, 0.6) is 0 Å². The molecule has 0 aliphatic heterocycles. The van der Waals surface area contributed by atoms with E-state index < -0.39 is 0 Å². The number of hydrogen-bond acceptors (Lipinski definition) is 6. The summed E-state index contributed by atoms with van der Waals surface area (Å²) in [6.45, 7) is 10.4. The number of carbonyl (C=O) groups excluding carboxylic acids is 1. The van der Waals surface area contributed by atoms with Crippen LogP contribution in [0.15, 0.2) is 42.5 Å². The summed E-state index contributed by atoms with van der Waals surface area (Å²) in [7, 11) is 0. The zero-order chi connectivity index (χ0) is 23.1. The number of nitrogens with one attached hydrogen (secondary N) is 2. The first-order chi connectivity index (χ1) is 15.4. The predicted octanol–water partition coefficient (Wildman–Crippen LogP) is 4.50. The third kappa shape index (κ3) is 5.70. The molecule has 166 valence electrons. The summed E-state index contributed by atoms with van der Waals surface area (Å²) in [6.07, 6.45) is -0.196. The third-order valence-corrected chi connectivity index (χ3v) is 4.86. The molecular weight excluding hydrogens is 402 g/mol. The van der Waals surface area contributed by atoms with Crippen molar-refractivity contribution < 1.29 is 4.79 Å². The van der Waals surface area contributed by atoms with E-state index in [0.717, 1.165) is 35.5 Å². The number of nitrogens with zero attached hydrogens (tertiary/aromatic N) is 5. The number of benzene rings is 2. The van der Waals surface area contributed by atoms with Crippen molar-refractivity contribution in [3.8, 4) is 28.6 Å². The molecule has 0 fully saturated rings. The molecule has 3 rings (SSSR count). The molecule has 0 bridgehead atoms. The Balaban J connectivity index is 2.10. The molecule has 0 atom stereocenters. The molecule has 1 amide bonds. The Labute approximate surface area is 188 Å². The maximum Gasteiger partial charge on any atom is 0.238 e. The first-order valence-corrected chi connectivity index (χ1v) is 10.8. The van der Waals surface area contributed by atoms with Crippen LogP contribution in [0.2, 0.25) is 0 Å². The highest BCUT2D eigenvalue weighted by molar-refractivity contribution is 5.97. The molecule has 2 aromatic carbocycles. The molecule has 1 aromatic heterocycles. The van der Waals surface area contributed by atoms with E-state index >= 15 is 0 Å². The minimum atomic E-state index is -0.326. The number of amides is 1. The first kappa shape index (κ1) is 22.9. The fourth-order valence-electron chi connectivity index (χ4n) is 3.71. The fourth-order valence-corrected chi connectivity index (χ4v) is 3.71. The Morgan fingerprint density at radius 2 is 1.78 bits per heavy atom. The lowest BCUT2D eigenvalue weighted by atomic mass is 9.97. The number of carbonyl (C=O) groups is 1. The lowest BCUT2D eigenvalue weighted by Crippen LogP contribution is -2.32. The van der Waals surface area contributed by atoms with E-state index in [-0.39, 0.29) is 12.3 Å². The van der Waals surface area contributed by atoms with Crippen LogP contribution in [0, 0.1) is 23.2 Å². The highest BCUT2D eigenvalue weighted by atomic mass is 16.1. The van der Waals surface area contributed by atoms with Gasteiger partial charge in [-0.15, -0.1) is 5.10 Å². The van der Waals surface area contributed by atoms with Crippen LogP contribution < -0.4 is 10.2 Å². The summed E-state index contributed by atoms with van der Waals surface area (Å²) in [5.41, 5.74) is 4.35. The molecule has 1 heterocycles. The van der Waals surface area contributed by atoms with Crippen molar-refractivity contribution in [2.24, 2.45) is 11.8 Å². The molecule has 8 heteroatoms. The minimum absolute atomic E-state index is 0.196. The van der Waals surface area contributed by atoms with Gasteiger partial charge in [-0.05, 0) is 45.5 Å². The number of aromatic amines is 1. The quantitative estimate of drug-likeness (QED) is 0.516. The second-order valence-electron chi connectivity index (χ2n) is 8.60. The van der Waals surface area contributed by atoms with Crippen LogP contribution >= 0.6 is 0 Å². The van der Waals surface area contributed by atoms with E-state index in [0.29, 0.717) is 23.3 Å². The van der Waals surface area contributed by atoms with Crippen LogP contribution in [0.4, 0.5) is 11.4 Å². The van der Waals surface area contributed by atoms with Gasteiger partial charge in [0.25, 0.3) is 0 Å². The zero-order valence-corrected chi connectivity index (χ0v) is 19.0. The van der Waals surface area contributed by atoms with Gasteiger partial charge in [0, 0.05) is 18.7 Å². The average Bonchev–Trinajstić information content (AvgIpc) is 3.27. The number of anilines is 2. The number of aromatic nitrogens is 4. The molecule has 0 radical (unpaired) electrons. The maximum absolute atomic E-state index is 12.3. The van der Waals surface area contributed by atoms with Gasteiger partial charge in [0.05, 0.1) is 17.4 Å². The van der Waals surface area contributed by atoms with Gasteiger partial charge in [0.1, 0.15) is 6.42 Å². The third-order valence-electron chi connectivity index (χ3n) is 4.86. The highest BCUT2D eigenvalue weighted by Gasteiger charge is 2.18. The van der Waals surface area contributed by atoms with Gasteiger partial charge in [-0.25, -0.2) is 5.10 Å². The van der Waals surface area contributed by atoms with Gasteiger partial charge in [-0.3, -0.25) is 4.79 Å². The zero-order valence-electron chi connectivity index (χ0n) is 19.0. The van der Waals surface area contributed by atoms with Crippen molar-refractivity contribution in [2.45, 2.75) is 34.1 Å². The highest BCUT2D eigenvalue weighted by Crippen LogP contribution is 2.36. The van der Waals surface area contributed by atoms with Crippen molar-refractivity contribution in [3.05, 3.63) is 42.5 Å². The maximum atomic E-state index is 12.3. The molecule has 8 nitrogen and oxygen atoms in total. The van der Waals surface area contributed by atoms with Crippen LogP contribution in [0.25, 0.3) is 22.5 Å². The molecule has 3 aromatic rings. The molecule has 0 aliphatic carbocycles. The summed E-state index contributed by atoms with van der Waals surface area (Å²) < 4.78 is 0. The Morgan fingerprint density at radius 1 is 1.09 bits per heavy atom. The lowest BCUT2D eigenvalue weighted by Gasteiger charge is -2.30. The Morgan fingerprint density at radius 3 is 2.38 bits per heavy atom. The van der Waals surface area contributed by atoms with Crippen molar-refractivity contribution in [2.75, 3.05) is 23.3 Å². The van der Waals surface area contributed by atoms with E-state index in [9.17, 15) is 4.79 Å². The normalized spacial score (nSPS) is 10.9. The second kappa shape index (κ2) is 10.5. The van der Waals surface area contributed by atoms with Crippen molar-refractivity contribution in [1.29, 1.82) is 5.26 Å². The monoisotopic (exact) mass is 431 g/mol. The molecule has 0 aliphatic rings. The molecular formula is C24H29N7O. The van der Waals surface area contributed by atoms with Gasteiger partial charge < -0.3 is 10.2 Å². The van der Waals surface area contributed by atoms with Crippen LogP contribution in [-0.2, 0) is 4.79 Å². The van der Waals surface area contributed by atoms with E-state index in [1.54, 1.807) is 0 Å². The van der Waals surface area contributed by atoms with Crippen LogP contribution in [-0.4, -0.2) is 39.6 Å². The van der Waals surface area contributed by atoms with Crippen molar-refractivity contribution in [1.82, 2.24) is 20.6 Å². The smallest absolute Gasteiger partial charge is 0.238 e. The number of rotatable bonds is 9. The van der Waals surface area contributed by atoms with Gasteiger partial charge >= 0.3 is 0 Å². The number of tetrazole rings is 1. The largest absolute Gasteiger partial charge is 0.369 e. The van der Waals surface area contributed by atoms with E-state index in [4.69, 9.17) is 5.26 Å². The van der Waals surface area contributed by atoms with Crippen molar-refractivity contribution in [3.63, 3.8) is 0 Å². The van der Waals surface area contributed by atoms with E-state index in [1.165, 1.54) is 0 Å². The van der Waals surface area contributed by atoms with E-state index in [2.05, 4.69) is 58.5 Å². The van der Waals surface area contributed by atoms with Gasteiger partial charge in [-0.2, -0.15) is 5.26 Å². The minimum Gasteiger partial charge on any atom is -0.369 e. The van der Waals surface area contributed by atoms with E-state index in [1.807, 2.05) is 48.5 Å². The fraction of sp³-hybridized carbons (Fsp3) is 0.375. The lowest BCUT2D eigenvalue weighted by molar-refractivity contribution is -0.115.